The number of aromatic nitrogens is 2. The van der Waals surface area contributed by atoms with Gasteiger partial charge in [0.05, 0.1) is 6.04 Å². The Morgan fingerprint density at radius 3 is 2.93 bits per heavy atom. The van der Waals surface area contributed by atoms with Gasteiger partial charge in [-0.1, -0.05) is 12.8 Å². The van der Waals surface area contributed by atoms with E-state index >= 15 is 0 Å². The molecule has 5 nitrogen and oxygen atoms in total. The summed E-state index contributed by atoms with van der Waals surface area (Å²) in [5, 5.41) is 7.36. The molecule has 0 aromatic carbocycles. The van der Waals surface area contributed by atoms with Gasteiger partial charge in [0.15, 0.2) is 0 Å². The predicted molar refractivity (Wildman–Crippen MR) is 57.8 cm³/mol. The van der Waals surface area contributed by atoms with Gasteiger partial charge in [-0.3, -0.25) is 0 Å². The fourth-order valence-corrected chi connectivity index (χ4v) is 1.79. The molecule has 0 spiro atoms. The summed E-state index contributed by atoms with van der Waals surface area (Å²) in [6.45, 7) is 1.05. The Labute approximate surface area is 89.8 Å². The molecule has 1 aromatic heterocycles. The van der Waals surface area contributed by atoms with Gasteiger partial charge in [-0.15, -0.1) is 0 Å². The molecule has 84 valence electrons. The molecule has 1 aromatic rings. The monoisotopic (exact) mass is 210 g/mol. The molecule has 0 radical (unpaired) electrons. The number of anilines is 1. The van der Waals surface area contributed by atoms with Crippen LogP contribution in [0.1, 0.15) is 37.6 Å². The van der Waals surface area contributed by atoms with Crippen LogP contribution < -0.4 is 10.2 Å². The third kappa shape index (κ3) is 2.47. The maximum atomic E-state index is 5.26. The number of hydrogen-bond donors (Lipinski definition) is 1. The van der Waals surface area contributed by atoms with Crippen LogP contribution in [0.25, 0.3) is 0 Å². The lowest BCUT2D eigenvalue weighted by Crippen LogP contribution is -2.20. The number of rotatable bonds is 2. The minimum absolute atomic E-state index is 0.244. The number of nitrogens with zero attached hydrogens (tertiary/aromatic N) is 3. The van der Waals surface area contributed by atoms with E-state index in [1.807, 2.05) is 19.0 Å². The van der Waals surface area contributed by atoms with Crippen molar-refractivity contribution in [2.45, 2.75) is 31.7 Å². The van der Waals surface area contributed by atoms with Gasteiger partial charge in [0.25, 0.3) is 5.95 Å². The van der Waals surface area contributed by atoms with Crippen LogP contribution in [0, 0.1) is 0 Å². The highest BCUT2D eigenvalue weighted by molar-refractivity contribution is 5.24. The molecule has 5 heteroatoms. The summed E-state index contributed by atoms with van der Waals surface area (Å²) in [5.74, 6) is 1.37. The van der Waals surface area contributed by atoms with Crippen LogP contribution in [0.3, 0.4) is 0 Å². The van der Waals surface area contributed by atoms with E-state index in [2.05, 4.69) is 15.5 Å². The van der Waals surface area contributed by atoms with Crippen molar-refractivity contribution in [3.8, 4) is 0 Å². The van der Waals surface area contributed by atoms with E-state index < -0.39 is 0 Å². The van der Waals surface area contributed by atoms with Gasteiger partial charge in [-0.2, -0.15) is 4.98 Å². The molecule has 0 amide bonds. The van der Waals surface area contributed by atoms with Crippen molar-refractivity contribution in [3.63, 3.8) is 0 Å². The van der Waals surface area contributed by atoms with Gasteiger partial charge in [0.1, 0.15) is 0 Å². The minimum atomic E-state index is 0.244. The van der Waals surface area contributed by atoms with Crippen molar-refractivity contribution in [3.05, 3.63) is 5.89 Å². The molecule has 2 heterocycles. The van der Waals surface area contributed by atoms with Crippen LogP contribution in [-0.4, -0.2) is 30.8 Å². The summed E-state index contributed by atoms with van der Waals surface area (Å²) >= 11 is 0. The quantitative estimate of drug-likeness (QED) is 0.798. The first-order valence-corrected chi connectivity index (χ1v) is 5.51. The molecular weight excluding hydrogens is 192 g/mol. The second-order valence-electron chi connectivity index (χ2n) is 4.18. The Morgan fingerprint density at radius 2 is 2.20 bits per heavy atom. The first-order chi connectivity index (χ1) is 7.27. The normalized spacial score (nSPS) is 22.4. The Morgan fingerprint density at radius 1 is 1.33 bits per heavy atom. The van der Waals surface area contributed by atoms with E-state index in [1.165, 1.54) is 19.3 Å². The first-order valence-electron chi connectivity index (χ1n) is 5.51. The molecule has 1 N–H and O–H groups in total. The largest absolute Gasteiger partial charge is 0.344 e. The second-order valence-corrected chi connectivity index (χ2v) is 4.18. The van der Waals surface area contributed by atoms with Crippen molar-refractivity contribution < 1.29 is 4.52 Å². The summed E-state index contributed by atoms with van der Waals surface area (Å²) < 4.78 is 5.26. The van der Waals surface area contributed by atoms with Crippen LogP contribution in [0.5, 0.6) is 0 Å². The minimum Gasteiger partial charge on any atom is -0.344 e. The second kappa shape index (κ2) is 4.61. The average Bonchev–Trinajstić information content (AvgIpc) is 2.55. The average molecular weight is 210 g/mol. The molecule has 1 atom stereocenters. The fraction of sp³-hybridized carbons (Fsp3) is 0.800. The molecule has 15 heavy (non-hydrogen) atoms. The van der Waals surface area contributed by atoms with Gasteiger partial charge in [0, 0.05) is 14.1 Å². The standard InChI is InChI=1S/C10H18N4O/c1-14(2)10-12-9(15-13-10)8-6-4-3-5-7-11-8/h8,11H,3-7H2,1-2H3. The maximum Gasteiger partial charge on any atom is 0.265 e. The molecule has 1 unspecified atom stereocenters. The zero-order valence-corrected chi connectivity index (χ0v) is 9.36. The van der Waals surface area contributed by atoms with Crippen LogP contribution in [0.4, 0.5) is 5.95 Å². The first kappa shape index (κ1) is 10.4. The molecule has 1 aliphatic heterocycles. The Balaban J connectivity index is 2.06. The van der Waals surface area contributed by atoms with E-state index in [-0.39, 0.29) is 6.04 Å². The number of hydrogen-bond acceptors (Lipinski definition) is 5. The highest BCUT2D eigenvalue weighted by Crippen LogP contribution is 2.22. The third-order valence-corrected chi connectivity index (χ3v) is 2.69. The highest BCUT2D eigenvalue weighted by atomic mass is 16.5. The zero-order valence-electron chi connectivity index (χ0n) is 9.36. The van der Waals surface area contributed by atoms with Crippen LogP contribution in [0.15, 0.2) is 4.52 Å². The van der Waals surface area contributed by atoms with Gasteiger partial charge >= 0.3 is 0 Å². The Bertz CT molecular complexity index is 302. The zero-order chi connectivity index (χ0) is 10.7. The summed E-state index contributed by atoms with van der Waals surface area (Å²) in [4.78, 5) is 6.21. The van der Waals surface area contributed by atoms with Crippen LogP contribution in [0.2, 0.25) is 0 Å². The molecule has 1 fully saturated rings. The topological polar surface area (TPSA) is 54.2 Å². The molecule has 2 rings (SSSR count). The Kier molecular flexibility index (Phi) is 3.20. The molecule has 0 saturated carbocycles. The fourth-order valence-electron chi connectivity index (χ4n) is 1.79. The molecule has 1 saturated heterocycles. The van der Waals surface area contributed by atoms with Gasteiger partial charge < -0.3 is 14.7 Å². The lowest BCUT2D eigenvalue weighted by Gasteiger charge is -2.09. The lowest BCUT2D eigenvalue weighted by atomic mass is 10.1. The summed E-state index contributed by atoms with van der Waals surface area (Å²) in [6.07, 6.45) is 4.86. The SMILES string of the molecule is CN(C)c1noc(C2CCCCCN2)n1. The summed E-state index contributed by atoms with van der Waals surface area (Å²) in [7, 11) is 3.82. The van der Waals surface area contributed by atoms with Crippen LogP contribution in [-0.2, 0) is 0 Å². The smallest absolute Gasteiger partial charge is 0.265 e. The molecular formula is C10H18N4O. The highest BCUT2D eigenvalue weighted by Gasteiger charge is 2.20. The predicted octanol–water partition coefficient (Wildman–Crippen LogP) is 1.34. The van der Waals surface area contributed by atoms with E-state index in [4.69, 9.17) is 4.52 Å². The van der Waals surface area contributed by atoms with E-state index in [0.29, 0.717) is 5.95 Å². The van der Waals surface area contributed by atoms with Crippen molar-refractivity contribution in [1.29, 1.82) is 0 Å². The number of nitrogens with one attached hydrogen (secondary N) is 1. The van der Waals surface area contributed by atoms with Crippen LogP contribution >= 0.6 is 0 Å². The maximum absolute atomic E-state index is 5.26. The third-order valence-electron chi connectivity index (χ3n) is 2.69. The van der Waals surface area contributed by atoms with E-state index in [0.717, 1.165) is 18.9 Å². The van der Waals surface area contributed by atoms with Gasteiger partial charge in [0.2, 0.25) is 5.89 Å². The summed E-state index contributed by atoms with van der Waals surface area (Å²) in [6, 6.07) is 0.244. The molecule has 0 bridgehead atoms. The van der Waals surface area contributed by atoms with E-state index in [1.54, 1.807) is 0 Å². The van der Waals surface area contributed by atoms with Crippen molar-refractivity contribution in [2.24, 2.45) is 0 Å². The molecule has 0 aliphatic carbocycles. The summed E-state index contributed by atoms with van der Waals surface area (Å²) in [5.41, 5.74) is 0. The van der Waals surface area contributed by atoms with Crippen molar-refractivity contribution >= 4 is 5.95 Å². The van der Waals surface area contributed by atoms with Gasteiger partial charge in [-0.05, 0) is 24.5 Å². The van der Waals surface area contributed by atoms with Gasteiger partial charge in [-0.25, -0.2) is 0 Å². The van der Waals surface area contributed by atoms with Crippen molar-refractivity contribution in [1.82, 2.24) is 15.5 Å². The molecule has 1 aliphatic rings. The van der Waals surface area contributed by atoms with E-state index in [9.17, 15) is 0 Å². The lowest BCUT2D eigenvalue weighted by molar-refractivity contribution is 0.327. The van der Waals surface area contributed by atoms with Crippen molar-refractivity contribution in [2.75, 3.05) is 25.5 Å². The Hall–Kier alpha value is -1.10.